The number of hydrogen-bond donors (Lipinski definition) is 1. The average molecular weight is 250 g/mol. The van der Waals surface area contributed by atoms with Crippen LogP contribution in [0.4, 0.5) is 5.69 Å². The van der Waals surface area contributed by atoms with Gasteiger partial charge in [-0.05, 0) is 24.1 Å². The van der Waals surface area contributed by atoms with Crippen molar-refractivity contribution in [3.63, 3.8) is 0 Å². The molecule has 2 rings (SSSR count). The molecule has 0 bridgehead atoms. The monoisotopic (exact) mass is 249 g/mol. The maximum absolute atomic E-state index is 5.71. The number of halogens is 1. The van der Waals surface area contributed by atoms with E-state index in [4.69, 9.17) is 22.1 Å². The van der Waals surface area contributed by atoms with E-state index in [1.807, 2.05) is 37.3 Å². The Bertz CT molecular complexity index is 504. The third-order valence-electron chi connectivity index (χ3n) is 2.31. The minimum atomic E-state index is -0.149. The van der Waals surface area contributed by atoms with Crippen molar-refractivity contribution < 1.29 is 4.74 Å². The van der Waals surface area contributed by atoms with Crippen LogP contribution in [0.5, 0.6) is 5.88 Å². The molecule has 1 aromatic carbocycles. The van der Waals surface area contributed by atoms with Crippen molar-refractivity contribution in [2.45, 2.75) is 13.0 Å². The van der Waals surface area contributed by atoms with Gasteiger partial charge in [0, 0.05) is 0 Å². The Hall–Kier alpha value is -1.81. The minimum absolute atomic E-state index is 0.120. The first kappa shape index (κ1) is 11.7. The van der Waals surface area contributed by atoms with Crippen LogP contribution < -0.4 is 10.5 Å². The van der Waals surface area contributed by atoms with Crippen molar-refractivity contribution in [1.29, 1.82) is 0 Å². The number of nitrogens with two attached hydrogens (primary N) is 1. The summed E-state index contributed by atoms with van der Waals surface area (Å²) in [6, 6.07) is 9.80. The first-order valence-corrected chi connectivity index (χ1v) is 5.54. The zero-order valence-electron chi connectivity index (χ0n) is 9.30. The van der Waals surface area contributed by atoms with Crippen LogP contribution in [0.15, 0.2) is 36.5 Å². The second kappa shape index (κ2) is 5.01. The molecule has 88 valence electrons. The van der Waals surface area contributed by atoms with Gasteiger partial charge >= 0.3 is 0 Å². The van der Waals surface area contributed by atoms with E-state index >= 15 is 0 Å². The smallest absolute Gasteiger partial charge is 0.242 e. The number of ether oxygens (including phenoxy) is 1. The second-order valence-electron chi connectivity index (χ2n) is 3.57. The normalized spacial score (nSPS) is 12.1. The summed E-state index contributed by atoms with van der Waals surface area (Å²) < 4.78 is 5.65. The van der Waals surface area contributed by atoms with Gasteiger partial charge in [-0.3, -0.25) is 0 Å². The van der Waals surface area contributed by atoms with Crippen LogP contribution >= 0.6 is 11.6 Å². The Morgan fingerprint density at radius 3 is 2.71 bits per heavy atom. The molecule has 5 heteroatoms. The van der Waals surface area contributed by atoms with E-state index in [2.05, 4.69) is 9.97 Å². The first-order valence-electron chi connectivity index (χ1n) is 5.16. The zero-order chi connectivity index (χ0) is 12.3. The van der Waals surface area contributed by atoms with Crippen LogP contribution in [0.25, 0.3) is 0 Å². The van der Waals surface area contributed by atoms with E-state index in [1.54, 1.807) is 0 Å². The molecule has 0 fully saturated rings. The highest BCUT2D eigenvalue weighted by molar-refractivity contribution is 6.28. The fourth-order valence-corrected chi connectivity index (χ4v) is 1.53. The molecule has 1 aromatic heterocycles. The molecule has 0 radical (unpaired) electrons. The third kappa shape index (κ3) is 2.85. The Kier molecular flexibility index (Phi) is 3.44. The Morgan fingerprint density at radius 1 is 1.29 bits per heavy atom. The lowest BCUT2D eigenvalue weighted by Gasteiger charge is -2.15. The van der Waals surface area contributed by atoms with Crippen molar-refractivity contribution in [3.8, 4) is 5.88 Å². The van der Waals surface area contributed by atoms with Crippen molar-refractivity contribution in [1.82, 2.24) is 9.97 Å². The number of hydrogen-bond acceptors (Lipinski definition) is 4. The highest BCUT2D eigenvalue weighted by atomic mass is 35.5. The molecule has 0 aliphatic heterocycles. The summed E-state index contributed by atoms with van der Waals surface area (Å²) in [7, 11) is 0. The van der Waals surface area contributed by atoms with E-state index in [9.17, 15) is 0 Å². The van der Waals surface area contributed by atoms with Crippen molar-refractivity contribution in [2.24, 2.45) is 0 Å². The minimum Gasteiger partial charge on any atom is -0.468 e. The zero-order valence-corrected chi connectivity index (χ0v) is 10.1. The van der Waals surface area contributed by atoms with Gasteiger partial charge in [-0.25, -0.2) is 4.98 Å². The van der Waals surface area contributed by atoms with E-state index in [-0.39, 0.29) is 11.4 Å². The molecular formula is C12H12ClN3O. The molecule has 0 saturated carbocycles. The molecular weight excluding hydrogens is 238 g/mol. The first-order chi connectivity index (χ1) is 8.16. The number of anilines is 1. The summed E-state index contributed by atoms with van der Waals surface area (Å²) in [5.41, 5.74) is 7.12. The average Bonchev–Trinajstić information content (AvgIpc) is 2.35. The molecule has 2 aromatic rings. The number of rotatable bonds is 3. The van der Waals surface area contributed by atoms with Gasteiger partial charge in [0.15, 0.2) is 0 Å². The molecule has 0 aliphatic carbocycles. The Balaban J connectivity index is 2.18. The highest BCUT2D eigenvalue weighted by Crippen LogP contribution is 2.25. The maximum Gasteiger partial charge on any atom is 0.242 e. The van der Waals surface area contributed by atoms with Crippen molar-refractivity contribution >= 4 is 17.3 Å². The Morgan fingerprint density at radius 2 is 2.00 bits per heavy atom. The molecule has 2 N–H and O–H groups in total. The molecule has 0 amide bonds. The summed E-state index contributed by atoms with van der Waals surface area (Å²) in [6.45, 7) is 1.92. The number of aromatic nitrogens is 2. The van der Waals surface area contributed by atoms with Crippen molar-refractivity contribution in [3.05, 3.63) is 47.4 Å². The topological polar surface area (TPSA) is 61.0 Å². The quantitative estimate of drug-likeness (QED) is 0.850. The summed E-state index contributed by atoms with van der Waals surface area (Å²) in [5.74, 6) is 0.307. The van der Waals surface area contributed by atoms with Crippen LogP contribution in [-0.2, 0) is 0 Å². The van der Waals surface area contributed by atoms with Crippen LogP contribution in [0, 0.1) is 0 Å². The number of nitrogens with zero attached hydrogens (tertiary/aromatic N) is 2. The van der Waals surface area contributed by atoms with Gasteiger partial charge in [-0.2, -0.15) is 4.98 Å². The lowest BCUT2D eigenvalue weighted by molar-refractivity contribution is 0.218. The number of nitrogen functional groups attached to an aromatic ring is 1. The predicted octanol–water partition coefficient (Wildman–Crippen LogP) is 2.85. The van der Waals surface area contributed by atoms with Gasteiger partial charge in [0.2, 0.25) is 11.2 Å². The standard InChI is InChI=1S/C12H12ClN3O/c1-8(9-5-3-2-4-6-9)17-11-10(14)7-15-12(13)16-11/h2-8H,14H2,1H3. The fourth-order valence-electron chi connectivity index (χ4n) is 1.41. The summed E-state index contributed by atoms with van der Waals surface area (Å²) in [5, 5.41) is 0.120. The maximum atomic E-state index is 5.71. The van der Waals surface area contributed by atoms with Gasteiger partial charge in [-0.1, -0.05) is 30.3 Å². The molecule has 4 nitrogen and oxygen atoms in total. The summed E-state index contributed by atoms with van der Waals surface area (Å²) >= 11 is 5.69. The van der Waals surface area contributed by atoms with E-state index in [0.29, 0.717) is 11.6 Å². The van der Waals surface area contributed by atoms with Gasteiger partial charge in [0.1, 0.15) is 11.8 Å². The largest absolute Gasteiger partial charge is 0.468 e. The van der Waals surface area contributed by atoms with Crippen LogP contribution in [-0.4, -0.2) is 9.97 Å². The van der Waals surface area contributed by atoms with Crippen LogP contribution in [0.3, 0.4) is 0 Å². The molecule has 1 atom stereocenters. The molecule has 0 aliphatic rings. The van der Waals surface area contributed by atoms with Crippen LogP contribution in [0.1, 0.15) is 18.6 Å². The lowest BCUT2D eigenvalue weighted by Crippen LogP contribution is -2.06. The summed E-state index contributed by atoms with van der Waals surface area (Å²) in [6.07, 6.45) is 1.28. The molecule has 1 heterocycles. The number of benzene rings is 1. The molecule has 0 spiro atoms. The fraction of sp³-hybridized carbons (Fsp3) is 0.167. The van der Waals surface area contributed by atoms with Gasteiger partial charge < -0.3 is 10.5 Å². The third-order valence-corrected chi connectivity index (χ3v) is 2.49. The van der Waals surface area contributed by atoms with Gasteiger partial charge in [0.25, 0.3) is 0 Å². The lowest BCUT2D eigenvalue weighted by atomic mass is 10.1. The van der Waals surface area contributed by atoms with E-state index < -0.39 is 0 Å². The predicted molar refractivity (Wildman–Crippen MR) is 66.9 cm³/mol. The van der Waals surface area contributed by atoms with Gasteiger partial charge in [-0.15, -0.1) is 0 Å². The summed E-state index contributed by atoms with van der Waals surface area (Å²) in [4.78, 5) is 7.71. The molecule has 1 unspecified atom stereocenters. The molecule has 0 saturated heterocycles. The highest BCUT2D eigenvalue weighted by Gasteiger charge is 2.11. The van der Waals surface area contributed by atoms with Crippen LogP contribution in [0.2, 0.25) is 5.28 Å². The van der Waals surface area contributed by atoms with E-state index in [0.717, 1.165) is 5.56 Å². The Labute approximate surface area is 104 Å². The van der Waals surface area contributed by atoms with Gasteiger partial charge in [0.05, 0.1) is 6.20 Å². The molecule has 17 heavy (non-hydrogen) atoms. The SMILES string of the molecule is CC(Oc1nc(Cl)ncc1N)c1ccccc1. The van der Waals surface area contributed by atoms with E-state index in [1.165, 1.54) is 6.20 Å². The van der Waals surface area contributed by atoms with Crippen molar-refractivity contribution in [2.75, 3.05) is 5.73 Å². The second-order valence-corrected chi connectivity index (χ2v) is 3.91.